The number of thioether (sulfide) groups is 2. The zero-order valence-corrected chi connectivity index (χ0v) is 11.3. The van der Waals surface area contributed by atoms with Crippen LogP contribution in [0.2, 0.25) is 0 Å². The Hall–Kier alpha value is -0.120. The predicted molar refractivity (Wildman–Crippen MR) is 76.6 cm³/mol. The van der Waals surface area contributed by atoms with E-state index in [1.807, 2.05) is 0 Å². The van der Waals surface area contributed by atoms with Crippen molar-refractivity contribution >= 4 is 23.5 Å². The van der Waals surface area contributed by atoms with Crippen molar-refractivity contribution in [1.82, 2.24) is 5.32 Å². The summed E-state index contributed by atoms with van der Waals surface area (Å²) < 4.78 is 0. The van der Waals surface area contributed by atoms with E-state index in [0.29, 0.717) is 6.04 Å². The summed E-state index contributed by atoms with van der Waals surface area (Å²) in [6.45, 7) is 0. The molecule has 1 nitrogen and oxygen atoms in total. The molecule has 1 saturated heterocycles. The van der Waals surface area contributed by atoms with Gasteiger partial charge in [-0.05, 0) is 19.0 Å². The van der Waals surface area contributed by atoms with Crippen molar-refractivity contribution < 1.29 is 0 Å². The van der Waals surface area contributed by atoms with E-state index in [-0.39, 0.29) is 0 Å². The SMILES string of the molecule is CNC(Cc1ccccc1)C1CSCCS1. The first-order valence-corrected chi connectivity index (χ1v) is 8.01. The van der Waals surface area contributed by atoms with E-state index >= 15 is 0 Å². The summed E-state index contributed by atoms with van der Waals surface area (Å²) in [5, 5.41) is 4.25. The van der Waals surface area contributed by atoms with Crippen molar-refractivity contribution in [1.29, 1.82) is 0 Å². The third kappa shape index (κ3) is 3.44. The van der Waals surface area contributed by atoms with Crippen LogP contribution in [0.15, 0.2) is 30.3 Å². The first-order valence-electron chi connectivity index (χ1n) is 5.80. The molecular formula is C13H19NS2. The molecule has 88 valence electrons. The lowest BCUT2D eigenvalue weighted by atomic mass is 10.0. The molecule has 0 radical (unpaired) electrons. The van der Waals surface area contributed by atoms with Crippen molar-refractivity contribution in [2.24, 2.45) is 0 Å². The summed E-state index contributed by atoms with van der Waals surface area (Å²) in [4.78, 5) is 0. The molecule has 0 bridgehead atoms. The van der Waals surface area contributed by atoms with Crippen molar-refractivity contribution in [2.75, 3.05) is 24.3 Å². The van der Waals surface area contributed by atoms with Crippen LogP contribution in [0.3, 0.4) is 0 Å². The van der Waals surface area contributed by atoms with Gasteiger partial charge < -0.3 is 5.32 Å². The number of hydrogen-bond acceptors (Lipinski definition) is 3. The number of hydrogen-bond donors (Lipinski definition) is 1. The Balaban J connectivity index is 1.94. The number of nitrogens with one attached hydrogen (secondary N) is 1. The minimum atomic E-state index is 0.611. The highest BCUT2D eigenvalue weighted by Gasteiger charge is 2.23. The van der Waals surface area contributed by atoms with Crippen molar-refractivity contribution in [3.05, 3.63) is 35.9 Å². The summed E-state index contributed by atoms with van der Waals surface area (Å²) >= 11 is 4.23. The van der Waals surface area contributed by atoms with Gasteiger partial charge in [-0.25, -0.2) is 0 Å². The van der Waals surface area contributed by atoms with Gasteiger partial charge in [-0.2, -0.15) is 23.5 Å². The van der Waals surface area contributed by atoms with Gasteiger partial charge in [0.25, 0.3) is 0 Å². The molecule has 3 heteroatoms. The summed E-state index contributed by atoms with van der Waals surface area (Å²) in [6.07, 6.45) is 1.15. The number of likely N-dealkylation sites (N-methyl/N-ethyl adjacent to an activating group) is 1. The Morgan fingerprint density at radius 1 is 1.31 bits per heavy atom. The summed E-state index contributed by atoms with van der Waals surface area (Å²) in [6, 6.07) is 11.4. The fourth-order valence-corrected chi connectivity index (χ4v) is 4.95. The largest absolute Gasteiger partial charge is 0.316 e. The normalized spacial score (nSPS) is 22.9. The highest BCUT2D eigenvalue weighted by atomic mass is 32.2. The van der Waals surface area contributed by atoms with Crippen LogP contribution in [0.4, 0.5) is 0 Å². The van der Waals surface area contributed by atoms with Crippen LogP contribution >= 0.6 is 23.5 Å². The van der Waals surface area contributed by atoms with Gasteiger partial charge in [0, 0.05) is 28.6 Å². The molecule has 16 heavy (non-hydrogen) atoms. The van der Waals surface area contributed by atoms with Gasteiger partial charge in [-0.3, -0.25) is 0 Å². The van der Waals surface area contributed by atoms with Crippen molar-refractivity contribution in [3.63, 3.8) is 0 Å². The summed E-state index contributed by atoms with van der Waals surface area (Å²) in [5.74, 6) is 3.92. The molecule has 1 aromatic rings. The maximum Gasteiger partial charge on any atom is 0.0295 e. The fraction of sp³-hybridized carbons (Fsp3) is 0.538. The molecule has 1 N–H and O–H groups in total. The van der Waals surface area contributed by atoms with E-state index in [2.05, 4.69) is 66.2 Å². The molecule has 0 saturated carbocycles. The second-order valence-corrected chi connectivity index (χ2v) is 6.57. The van der Waals surface area contributed by atoms with Gasteiger partial charge in [-0.15, -0.1) is 0 Å². The molecule has 0 aromatic heterocycles. The monoisotopic (exact) mass is 253 g/mol. The second-order valence-electron chi connectivity index (χ2n) is 4.07. The van der Waals surface area contributed by atoms with Crippen LogP contribution in [0.25, 0.3) is 0 Å². The van der Waals surface area contributed by atoms with Crippen molar-refractivity contribution in [3.8, 4) is 0 Å². The topological polar surface area (TPSA) is 12.0 Å². The number of rotatable bonds is 4. The molecule has 1 aromatic carbocycles. The second kappa shape index (κ2) is 6.58. The van der Waals surface area contributed by atoms with E-state index in [0.717, 1.165) is 11.7 Å². The lowest BCUT2D eigenvalue weighted by Gasteiger charge is -2.29. The van der Waals surface area contributed by atoms with E-state index in [1.54, 1.807) is 0 Å². The van der Waals surface area contributed by atoms with Crippen LogP contribution < -0.4 is 5.32 Å². The Bertz CT molecular complexity index is 296. The van der Waals surface area contributed by atoms with Gasteiger partial charge in [0.05, 0.1) is 0 Å². The molecular weight excluding hydrogens is 234 g/mol. The first kappa shape index (κ1) is 12.3. The van der Waals surface area contributed by atoms with Crippen LogP contribution in [-0.2, 0) is 6.42 Å². The van der Waals surface area contributed by atoms with Gasteiger partial charge in [0.2, 0.25) is 0 Å². The highest BCUT2D eigenvalue weighted by Crippen LogP contribution is 2.27. The van der Waals surface area contributed by atoms with E-state index in [4.69, 9.17) is 0 Å². The Morgan fingerprint density at radius 3 is 2.75 bits per heavy atom. The lowest BCUT2D eigenvalue weighted by molar-refractivity contribution is 0.557. The molecule has 2 unspecified atom stereocenters. The predicted octanol–water partition coefficient (Wildman–Crippen LogP) is 2.67. The standard InChI is InChI=1S/C13H19NS2/c1-14-12(13-10-15-7-8-16-13)9-11-5-3-2-4-6-11/h2-6,12-14H,7-10H2,1H3. The number of benzene rings is 1. The molecule has 1 aliphatic heterocycles. The van der Waals surface area contributed by atoms with Crippen LogP contribution in [0, 0.1) is 0 Å². The Morgan fingerprint density at radius 2 is 2.12 bits per heavy atom. The van der Waals surface area contributed by atoms with Crippen LogP contribution in [-0.4, -0.2) is 35.6 Å². The smallest absolute Gasteiger partial charge is 0.0295 e. The molecule has 2 atom stereocenters. The highest BCUT2D eigenvalue weighted by molar-refractivity contribution is 8.06. The molecule has 1 heterocycles. The van der Waals surface area contributed by atoms with E-state index in [1.165, 1.54) is 22.8 Å². The molecule has 1 fully saturated rings. The van der Waals surface area contributed by atoms with E-state index < -0.39 is 0 Å². The minimum absolute atomic E-state index is 0.611. The zero-order chi connectivity index (χ0) is 11.2. The Kier molecular flexibility index (Phi) is 5.07. The van der Waals surface area contributed by atoms with E-state index in [9.17, 15) is 0 Å². The lowest BCUT2D eigenvalue weighted by Crippen LogP contribution is -2.40. The molecule has 0 spiro atoms. The molecule has 2 rings (SSSR count). The average molecular weight is 253 g/mol. The summed E-state index contributed by atoms with van der Waals surface area (Å²) in [7, 11) is 2.09. The Labute approximate surface area is 107 Å². The van der Waals surface area contributed by atoms with Gasteiger partial charge >= 0.3 is 0 Å². The molecule has 0 amide bonds. The minimum Gasteiger partial charge on any atom is -0.316 e. The summed E-state index contributed by atoms with van der Waals surface area (Å²) in [5.41, 5.74) is 1.44. The van der Waals surface area contributed by atoms with Crippen molar-refractivity contribution in [2.45, 2.75) is 17.7 Å². The zero-order valence-electron chi connectivity index (χ0n) is 9.69. The van der Waals surface area contributed by atoms with Gasteiger partial charge in [0.15, 0.2) is 0 Å². The molecule has 0 aliphatic carbocycles. The fourth-order valence-electron chi connectivity index (χ4n) is 2.03. The van der Waals surface area contributed by atoms with Gasteiger partial charge in [0.1, 0.15) is 0 Å². The maximum atomic E-state index is 3.49. The quantitative estimate of drug-likeness (QED) is 0.886. The first-order chi connectivity index (χ1) is 7.90. The third-order valence-electron chi connectivity index (χ3n) is 2.96. The van der Waals surface area contributed by atoms with Crippen LogP contribution in [0.5, 0.6) is 0 Å². The molecule has 1 aliphatic rings. The average Bonchev–Trinajstić information content (AvgIpc) is 2.38. The third-order valence-corrected chi connectivity index (χ3v) is 5.88. The van der Waals surface area contributed by atoms with Crippen LogP contribution in [0.1, 0.15) is 5.56 Å². The maximum absolute atomic E-state index is 3.49. The van der Waals surface area contributed by atoms with Gasteiger partial charge in [-0.1, -0.05) is 30.3 Å².